The van der Waals surface area contributed by atoms with Crippen molar-refractivity contribution in [2.24, 2.45) is 0 Å². The molecule has 1 N–H and O–H groups in total. The normalized spacial score (nSPS) is 11.5. The number of carbonyl (C=O) groups excluding carboxylic acids is 2. The van der Waals surface area contributed by atoms with Crippen molar-refractivity contribution in [1.82, 2.24) is 10.2 Å². The number of amides is 2. The summed E-state index contributed by atoms with van der Waals surface area (Å²) in [6, 6.07) is 22.9. The van der Waals surface area contributed by atoms with Crippen LogP contribution >= 0.6 is 0 Å². The number of ether oxygens (including phenoxy) is 1. The second-order valence-corrected chi connectivity index (χ2v) is 8.65. The molecule has 2 amide bonds. The van der Waals surface area contributed by atoms with Crippen molar-refractivity contribution in [3.63, 3.8) is 0 Å². The van der Waals surface area contributed by atoms with Crippen LogP contribution in [0.1, 0.15) is 34.7 Å². The van der Waals surface area contributed by atoms with Gasteiger partial charge in [0.15, 0.2) is 6.61 Å². The number of nitrogens with one attached hydrogen (secondary N) is 1. The zero-order valence-electron chi connectivity index (χ0n) is 20.5. The number of likely N-dealkylation sites (N-methyl/N-ethyl adjacent to an activating group) is 1. The Balaban J connectivity index is 1.89. The van der Waals surface area contributed by atoms with Gasteiger partial charge in [0.25, 0.3) is 5.91 Å². The molecule has 0 fully saturated rings. The largest absolute Gasteiger partial charge is 0.484 e. The van der Waals surface area contributed by atoms with Crippen LogP contribution in [0.2, 0.25) is 0 Å². The lowest BCUT2D eigenvalue weighted by Crippen LogP contribution is -2.51. The summed E-state index contributed by atoms with van der Waals surface area (Å²) in [6.07, 6.45) is 0.424. The Kier molecular flexibility index (Phi) is 8.86. The molecule has 5 nitrogen and oxygen atoms in total. The smallest absolute Gasteiger partial charge is 0.261 e. The van der Waals surface area contributed by atoms with Crippen molar-refractivity contribution in [2.75, 3.05) is 13.2 Å². The van der Waals surface area contributed by atoms with Gasteiger partial charge >= 0.3 is 0 Å². The maximum Gasteiger partial charge on any atom is 0.261 e. The van der Waals surface area contributed by atoms with Gasteiger partial charge in [-0.2, -0.15) is 0 Å². The Hall–Kier alpha value is -3.60. The molecule has 0 aliphatic rings. The topological polar surface area (TPSA) is 58.6 Å². The predicted octanol–water partition coefficient (Wildman–Crippen LogP) is 4.77. The third-order valence-corrected chi connectivity index (χ3v) is 5.90. The first kappa shape index (κ1) is 25.0. The molecule has 3 aromatic rings. The molecule has 0 saturated carbocycles. The van der Waals surface area contributed by atoms with Gasteiger partial charge in [-0.1, -0.05) is 66.2 Å². The van der Waals surface area contributed by atoms with E-state index < -0.39 is 6.04 Å². The van der Waals surface area contributed by atoms with E-state index in [9.17, 15) is 9.59 Å². The molecule has 5 heteroatoms. The molecule has 0 aromatic heterocycles. The van der Waals surface area contributed by atoms with Crippen molar-refractivity contribution in [1.29, 1.82) is 0 Å². The maximum atomic E-state index is 13.5. The molecule has 0 aliphatic carbocycles. The molecule has 0 radical (unpaired) electrons. The van der Waals surface area contributed by atoms with Gasteiger partial charge in [-0.05, 0) is 62.1 Å². The highest BCUT2D eigenvalue weighted by molar-refractivity contribution is 5.88. The van der Waals surface area contributed by atoms with E-state index in [1.807, 2.05) is 100 Å². The van der Waals surface area contributed by atoms with Gasteiger partial charge in [0.05, 0.1) is 0 Å². The first-order valence-corrected chi connectivity index (χ1v) is 11.7. The van der Waals surface area contributed by atoms with Gasteiger partial charge in [0.1, 0.15) is 11.8 Å². The standard InChI is InChI=1S/C29H34N2O3/c1-5-30-29(33)27(18-24-11-7-6-8-12-24)31(19-25-13-9-10-21(2)16-25)28(32)20-34-26-15-14-22(3)23(4)17-26/h6-17,27H,5,18-20H2,1-4H3,(H,30,33). The maximum absolute atomic E-state index is 13.5. The summed E-state index contributed by atoms with van der Waals surface area (Å²) in [5, 5.41) is 2.91. The van der Waals surface area contributed by atoms with Crippen LogP contribution in [0.3, 0.4) is 0 Å². The molecule has 0 bridgehead atoms. The minimum Gasteiger partial charge on any atom is -0.484 e. The Morgan fingerprint density at radius 2 is 1.62 bits per heavy atom. The Bertz CT molecular complexity index is 1110. The van der Waals surface area contributed by atoms with E-state index in [2.05, 4.69) is 5.32 Å². The molecule has 1 atom stereocenters. The second-order valence-electron chi connectivity index (χ2n) is 8.65. The third-order valence-electron chi connectivity index (χ3n) is 5.90. The number of nitrogens with zero attached hydrogens (tertiary/aromatic N) is 1. The highest BCUT2D eigenvalue weighted by Gasteiger charge is 2.30. The molecule has 0 heterocycles. The third kappa shape index (κ3) is 6.95. The first-order valence-electron chi connectivity index (χ1n) is 11.7. The van der Waals surface area contributed by atoms with Gasteiger partial charge in [-0.15, -0.1) is 0 Å². The molecule has 3 rings (SSSR count). The zero-order chi connectivity index (χ0) is 24.5. The molecule has 178 valence electrons. The average molecular weight is 459 g/mol. The highest BCUT2D eigenvalue weighted by atomic mass is 16.5. The van der Waals surface area contributed by atoms with Crippen molar-refractivity contribution < 1.29 is 14.3 Å². The van der Waals surface area contributed by atoms with Gasteiger partial charge in [-0.25, -0.2) is 0 Å². The van der Waals surface area contributed by atoms with E-state index in [4.69, 9.17) is 4.74 Å². The van der Waals surface area contributed by atoms with E-state index in [-0.39, 0.29) is 18.4 Å². The Labute approximate surface area is 202 Å². The van der Waals surface area contributed by atoms with Gasteiger partial charge in [0, 0.05) is 19.5 Å². The molecule has 3 aromatic carbocycles. The van der Waals surface area contributed by atoms with Crippen molar-refractivity contribution >= 4 is 11.8 Å². The number of aryl methyl sites for hydroxylation is 3. The van der Waals surface area contributed by atoms with Gasteiger partial charge < -0.3 is 15.0 Å². The Morgan fingerprint density at radius 3 is 2.29 bits per heavy atom. The summed E-state index contributed by atoms with van der Waals surface area (Å²) < 4.78 is 5.86. The molecule has 0 aliphatic heterocycles. The number of rotatable bonds is 10. The fourth-order valence-corrected chi connectivity index (χ4v) is 3.88. The number of carbonyl (C=O) groups is 2. The van der Waals surface area contributed by atoms with Crippen LogP contribution in [0, 0.1) is 20.8 Å². The molecule has 0 saturated heterocycles. The predicted molar refractivity (Wildman–Crippen MR) is 136 cm³/mol. The summed E-state index contributed by atoms with van der Waals surface area (Å²) >= 11 is 0. The van der Waals surface area contributed by atoms with Crippen molar-refractivity contribution in [2.45, 2.75) is 46.7 Å². The van der Waals surface area contributed by atoms with E-state index in [0.29, 0.717) is 25.3 Å². The number of hydrogen-bond donors (Lipinski definition) is 1. The monoisotopic (exact) mass is 458 g/mol. The fraction of sp³-hybridized carbons (Fsp3) is 0.310. The Morgan fingerprint density at radius 1 is 0.882 bits per heavy atom. The first-order chi connectivity index (χ1) is 16.4. The summed E-state index contributed by atoms with van der Waals surface area (Å²) in [4.78, 5) is 28.3. The van der Waals surface area contributed by atoms with Crippen molar-refractivity contribution in [3.8, 4) is 5.75 Å². The molecule has 34 heavy (non-hydrogen) atoms. The minimum absolute atomic E-state index is 0.140. The van der Waals surface area contributed by atoms with E-state index in [1.165, 1.54) is 5.56 Å². The summed E-state index contributed by atoms with van der Waals surface area (Å²) in [6.45, 7) is 8.63. The molecule has 0 spiro atoms. The van der Waals surface area contributed by atoms with Crippen LogP contribution in [0.15, 0.2) is 72.8 Å². The highest BCUT2D eigenvalue weighted by Crippen LogP contribution is 2.19. The molecular weight excluding hydrogens is 424 g/mol. The van der Waals surface area contributed by atoms with Crippen LogP contribution in [-0.4, -0.2) is 35.9 Å². The zero-order valence-corrected chi connectivity index (χ0v) is 20.5. The van der Waals surface area contributed by atoms with E-state index in [0.717, 1.165) is 22.3 Å². The van der Waals surface area contributed by atoms with Crippen LogP contribution < -0.4 is 10.1 Å². The quantitative estimate of drug-likeness (QED) is 0.476. The van der Waals surface area contributed by atoms with Crippen LogP contribution in [0.4, 0.5) is 0 Å². The number of benzene rings is 3. The average Bonchev–Trinajstić information content (AvgIpc) is 2.82. The van der Waals surface area contributed by atoms with Crippen LogP contribution in [0.5, 0.6) is 5.75 Å². The van der Waals surface area contributed by atoms with E-state index in [1.54, 1.807) is 4.90 Å². The lowest BCUT2D eigenvalue weighted by Gasteiger charge is -2.31. The lowest BCUT2D eigenvalue weighted by atomic mass is 10.0. The number of hydrogen-bond acceptors (Lipinski definition) is 3. The van der Waals surface area contributed by atoms with Crippen LogP contribution in [0.25, 0.3) is 0 Å². The van der Waals surface area contributed by atoms with Crippen molar-refractivity contribution in [3.05, 3.63) is 101 Å². The second kappa shape index (κ2) is 12.0. The molecular formula is C29H34N2O3. The summed E-state index contributed by atoms with van der Waals surface area (Å²) in [5.74, 6) is 0.245. The van der Waals surface area contributed by atoms with Gasteiger partial charge in [0.2, 0.25) is 5.91 Å². The van der Waals surface area contributed by atoms with Crippen LogP contribution in [-0.2, 0) is 22.6 Å². The SMILES string of the molecule is CCNC(=O)C(Cc1ccccc1)N(Cc1cccc(C)c1)C(=O)COc1ccc(C)c(C)c1. The molecule has 1 unspecified atom stereocenters. The summed E-state index contributed by atoms with van der Waals surface area (Å²) in [5.41, 5.74) is 5.34. The van der Waals surface area contributed by atoms with E-state index >= 15 is 0 Å². The summed E-state index contributed by atoms with van der Waals surface area (Å²) in [7, 11) is 0. The fourth-order valence-electron chi connectivity index (χ4n) is 3.88. The van der Waals surface area contributed by atoms with Gasteiger partial charge in [-0.3, -0.25) is 9.59 Å². The minimum atomic E-state index is -0.654. The lowest BCUT2D eigenvalue weighted by molar-refractivity contribution is -0.142.